The van der Waals surface area contributed by atoms with Crippen LogP contribution in [0.4, 0.5) is 0 Å². The van der Waals surface area contributed by atoms with Crippen LogP contribution in [0.1, 0.15) is 12.0 Å². The Hall–Kier alpha value is -0.301. The first-order chi connectivity index (χ1) is 7.90. The molecule has 2 atom stereocenters. The van der Waals surface area contributed by atoms with Crippen molar-refractivity contribution in [1.82, 2.24) is 0 Å². The monoisotopic (exact) mass is 282 g/mol. The van der Waals surface area contributed by atoms with Gasteiger partial charge in [0.05, 0.1) is 0 Å². The third kappa shape index (κ3) is 2.50. The molecule has 2 heterocycles. The van der Waals surface area contributed by atoms with Crippen LogP contribution in [0.3, 0.4) is 0 Å². The summed E-state index contributed by atoms with van der Waals surface area (Å²) in [5.74, 6) is 2.12. The normalized spacial score (nSPS) is 33.6. The number of likely N-dealkylation sites (tertiary alicyclic amines) is 1. The molecule has 2 unspecified atom stereocenters. The maximum absolute atomic E-state index is 2.28. The summed E-state index contributed by atoms with van der Waals surface area (Å²) < 4.78 is 0. The van der Waals surface area contributed by atoms with E-state index in [0.29, 0.717) is 0 Å². The van der Waals surface area contributed by atoms with E-state index < -0.39 is 0 Å². The van der Waals surface area contributed by atoms with Crippen molar-refractivity contribution in [2.24, 2.45) is 11.8 Å². The third-order valence-electron chi connectivity index (χ3n) is 3.83. The Kier molecular flexibility index (Phi) is 3.32. The summed E-state index contributed by atoms with van der Waals surface area (Å²) in [6.07, 6.45) is 1.54. The fraction of sp³-hybridized carbons (Fsp3) is 0.571. The van der Waals surface area contributed by atoms with Gasteiger partial charge in [-0.05, 0) is 0 Å². The summed E-state index contributed by atoms with van der Waals surface area (Å²) in [6.45, 7) is 4.13. The third-order valence-corrected chi connectivity index (χ3v) is 6.79. The van der Waals surface area contributed by atoms with Crippen LogP contribution in [0.15, 0.2) is 30.3 Å². The molecule has 0 aliphatic carbocycles. The van der Waals surface area contributed by atoms with Crippen LogP contribution in [-0.4, -0.2) is 28.0 Å². The second-order valence-corrected chi connectivity index (χ2v) is 7.58. The molecule has 0 aromatic heterocycles. The molecular weight excluding hydrogens is 261 g/mol. The average Bonchev–Trinajstić information content (AvgIpc) is 2.30. The van der Waals surface area contributed by atoms with Crippen molar-refractivity contribution in [3.05, 3.63) is 35.9 Å². The van der Waals surface area contributed by atoms with E-state index in [1.807, 2.05) is 4.90 Å². The van der Waals surface area contributed by atoms with Crippen molar-refractivity contribution < 1.29 is 4.90 Å². The zero-order valence-electron chi connectivity index (χ0n) is 9.69. The van der Waals surface area contributed by atoms with Gasteiger partial charge in [-0.3, -0.25) is 0 Å². The molecule has 3 rings (SSSR count). The predicted molar refractivity (Wildman–Crippen MR) is 67.8 cm³/mol. The minimum absolute atomic E-state index is 0.978. The topological polar surface area (TPSA) is 4.44 Å². The van der Waals surface area contributed by atoms with Gasteiger partial charge in [0.1, 0.15) is 0 Å². The SMILES string of the molecule is c1ccc(C[NH+]2CC3C[Se]CC(C3)C2)cc1. The van der Waals surface area contributed by atoms with Gasteiger partial charge in [0.2, 0.25) is 0 Å². The summed E-state index contributed by atoms with van der Waals surface area (Å²) in [6, 6.07) is 11.0. The number of hydrogen-bond acceptors (Lipinski definition) is 0. The summed E-state index contributed by atoms with van der Waals surface area (Å²) >= 11 is 0.978. The van der Waals surface area contributed by atoms with E-state index in [4.69, 9.17) is 0 Å². The van der Waals surface area contributed by atoms with Crippen LogP contribution in [0, 0.1) is 11.8 Å². The van der Waals surface area contributed by atoms with Crippen molar-refractivity contribution in [3.8, 4) is 0 Å². The Labute approximate surface area is 104 Å². The summed E-state index contributed by atoms with van der Waals surface area (Å²) in [7, 11) is 0. The van der Waals surface area contributed by atoms with Gasteiger partial charge in [0.15, 0.2) is 0 Å². The van der Waals surface area contributed by atoms with Gasteiger partial charge in [0.25, 0.3) is 0 Å². The van der Waals surface area contributed by atoms with Crippen molar-refractivity contribution in [2.75, 3.05) is 13.1 Å². The molecule has 0 amide bonds. The second kappa shape index (κ2) is 4.91. The minimum atomic E-state index is 0.978. The molecule has 2 aliphatic heterocycles. The first-order valence-electron chi connectivity index (χ1n) is 6.35. The van der Waals surface area contributed by atoms with E-state index in [-0.39, 0.29) is 0 Å². The van der Waals surface area contributed by atoms with Crippen LogP contribution in [0.5, 0.6) is 0 Å². The molecule has 2 saturated heterocycles. The first kappa shape index (κ1) is 10.8. The number of benzene rings is 1. The van der Waals surface area contributed by atoms with Gasteiger partial charge in [-0.25, -0.2) is 0 Å². The average molecular weight is 281 g/mol. The number of rotatable bonds is 2. The molecule has 16 heavy (non-hydrogen) atoms. The van der Waals surface area contributed by atoms with Gasteiger partial charge in [-0.1, -0.05) is 0 Å². The summed E-state index contributed by atoms with van der Waals surface area (Å²) in [4.78, 5) is 1.84. The number of piperidine rings is 1. The second-order valence-electron chi connectivity index (χ2n) is 5.33. The van der Waals surface area contributed by atoms with Gasteiger partial charge < -0.3 is 0 Å². The molecule has 1 N–H and O–H groups in total. The summed E-state index contributed by atoms with van der Waals surface area (Å²) in [5.41, 5.74) is 1.52. The predicted octanol–water partition coefficient (Wildman–Crippen LogP) is 1.26. The zero-order chi connectivity index (χ0) is 10.8. The molecule has 2 aliphatic rings. The van der Waals surface area contributed by atoms with Crippen LogP contribution >= 0.6 is 0 Å². The fourth-order valence-electron chi connectivity index (χ4n) is 3.22. The molecule has 0 spiro atoms. The number of hydrogen-bond donors (Lipinski definition) is 1. The maximum atomic E-state index is 2.28. The Morgan fingerprint density at radius 1 is 1.06 bits per heavy atom. The number of nitrogens with one attached hydrogen (secondary N) is 1. The van der Waals surface area contributed by atoms with E-state index in [1.165, 1.54) is 25.2 Å². The molecule has 1 aromatic rings. The summed E-state index contributed by atoms with van der Waals surface area (Å²) in [5, 5.41) is 3.11. The van der Waals surface area contributed by atoms with Crippen molar-refractivity contribution in [2.45, 2.75) is 23.6 Å². The Balaban J connectivity index is 1.63. The number of fused-ring (bicyclic) bond motifs is 2. The van der Waals surface area contributed by atoms with Crippen LogP contribution < -0.4 is 4.90 Å². The van der Waals surface area contributed by atoms with Gasteiger partial charge in [0, 0.05) is 0 Å². The zero-order valence-corrected chi connectivity index (χ0v) is 11.4. The molecular formula is C14H20NSe+. The Morgan fingerprint density at radius 3 is 2.44 bits per heavy atom. The van der Waals surface area contributed by atoms with Gasteiger partial charge in [-0.2, -0.15) is 0 Å². The van der Waals surface area contributed by atoms with E-state index in [2.05, 4.69) is 30.3 Å². The quantitative estimate of drug-likeness (QED) is 0.779. The van der Waals surface area contributed by atoms with Crippen LogP contribution in [0.25, 0.3) is 0 Å². The fourth-order valence-corrected chi connectivity index (χ4v) is 5.97. The van der Waals surface area contributed by atoms with Gasteiger partial charge in [-0.15, -0.1) is 0 Å². The van der Waals surface area contributed by atoms with E-state index in [0.717, 1.165) is 26.8 Å². The molecule has 86 valence electrons. The molecule has 2 fully saturated rings. The standard InChI is InChI=1S/C14H19NSe/c1-2-4-12(5-3-1)7-15-8-13-6-14(9-15)11-16-10-13/h1-5,13-14H,6-11H2/p+1. The number of quaternary nitrogens is 1. The molecule has 2 bridgehead atoms. The Bertz CT molecular complexity index is 326. The molecule has 1 nitrogen and oxygen atoms in total. The van der Waals surface area contributed by atoms with Crippen molar-refractivity contribution in [1.29, 1.82) is 0 Å². The first-order valence-corrected chi connectivity index (χ1v) is 8.77. The van der Waals surface area contributed by atoms with Crippen LogP contribution in [0.2, 0.25) is 10.6 Å². The molecule has 2 heteroatoms. The van der Waals surface area contributed by atoms with Crippen LogP contribution in [-0.2, 0) is 6.54 Å². The van der Waals surface area contributed by atoms with Gasteiger partial charge >= 0.3 is 104 Å². The van der Waals surface area contributed by atoms with E-state index >= 15 is 0 Å². The van der Waals surface area contributed by atoms with E-state index in [9.17, 15) is 0 Å². The molecule has 1 aromatic carbocycles. The van der Waals surface area contributed by atoms with Crippen molar-refractivity contribution in [3.63, 3.8) is 0 Å². The molecule has 0 saturated carbocycles. The van der Waals surface area contributed by atoms with Crippen molar-refractivity contribution >= 4 is 15.0 Å². The molecule has 0 radical (unpaired) electrons. The Morgan fingerprint density at radius 2 is 1.75 bits per heavy atom. The van der Waals surface area contributed by atoms with E-state index in [1.54, 1.807) is 17.1 Å².